The number of rotatable bonds is 6. The smallest absolute Gasteiger partial charge is 0.262 e. The standard InChI is InChI=1S/C21H19N5OS/c1-2-3-12-25-19(27)17-6-4-5-7-18(17)26-20(25)23-24-21(26)28-14-16-10-8-15(13-22)9-11-16/h4-11H,2-3,12,14H2,1H3. The quantitative estimate of drug-likeness (QED) is 0.466. The predicted octanol–water partition coefficient (Wildman–Crippen LogP) is 4.01. The maximum absolute atomic E-state index is 12.9. The van der Waals surface area contributed by atoms with Gasteiger partial charge in [0.1, 0.15) is 0 Å². The maximum Gasteiger partial charge on any atom is 0.262 e. The second-order valence-corrected chi connectivity index (χ2v) is 7.49. The average molecular weight is 389 g/mol. The summed E-state index contributed by atoms with van der Waals surface area (Å²) in [6, 6.07) is 17.3. The molecule has 0 atom stereocenters. The van der Waals surface area contributed by atoms with E-state index in [1.54, 1.807) is 16.3 Å². The van der Waals surface area contributed by atoms with Gasteiger partial charge in [-0.3, -0.25) is 13.8 Å². The largest absolute Gasteiger partial charge is 0.276 e. The lowest BCUT2D eigenvalue weighted by Crippen LogP contribution is -2.23. The summed E-state index contributed by atoms with van der Waals surface area (Å²) in [4.78, 5) is 12.9. The van der Waals surface area contributed by atoms with Crippen LogP contribution in [0.5, 0.6) is 0 Å². The molecule has 0 aliphatic rings. The Morgan fingerprint density at radius 3 is 2.64 bits per heavy atom. The first-order valence-electron chi connectivity index (χ1n) is 9.21. The van der Waals surface area contributed by atoms with Crippen LogP contribution in [-0.2, 0) is 12.3 Å². The molecule has 0 N–H and O–H groups in total. The molecule has 0 saturated heterocycles. The average Bonchev–Trinajstić information content (AvgIpc) is 3.16. The molecule has 0 bridgehead atoms. The van der Waals surface area contributed by atoms with Crippen LogP contribution in [0.2, 0.25) is 0 Å². The SMILES string of the molecule is CCCCn1c(=O)c2ccccc2n2c(SCc3ccc(C#N)cc3)nnc12. The number of unbranched alkanes of at least 4 members (excludes halogenated alkanes) is 1. The minimum Gasteiger partial charge on any atom is -0.276 e. The normalized spacial score (nSPS) is 11.1. The Morgan fingerprint density at radius 2 is 1.89 bits per heavy atom. The van der Waals surface area contributed by atoms with Crippen molar-refractivity contribution in [3.05, 3.63) is 70.0 Å². The molecule has 0 spiro atoms. The third-order valence-electron chi connectivity index (χ3n) is 4.66. The van der Waals surface area contributed by atoms with Crippen molar-refractivity contribution in [3.63, 3.8) is 0 Å². The van der Waals surface area contributed by atoms with Crippen LogP contribution in [0.3, 0.4) is 0 Å². The highest BCUT2D eigenvalue weighted by Crippen LogP contribution is 2.25. The van der Waals surface area contributed by atoms with E-state index >= 15 is 0 Å². The third kappa shape index (κ3) is 3.27. The van der Waals surface area contributed by atoms with Crippen LogP contribution in [0.15, 0.2) is 58.5 Å². The van der Waals surface area contributed by atoms with Crippen molar-refractivity contribution >= 4 is 28.4 Å². The van der Waals surface area contributed by atoms with E-state index in [1.165, 1.54) is 0 Å². The molecular formula is C21H19N5OS. The monoisotopic (exact) mass is 389 g/mol. The molecule has 0 aliphatic heterocycles. The first kappa shape index (κ1) is 18.3. The summed E-state index contributed by atoms with van der Waals surface area (Å²) in [6.07, 6.45) is 1.91. The first-order valence-corrected chi connectivity index (χ1v) is 10.2. The molecule has 0 radical (unpaired) electrons. The molecule has 0 aliphatic carbocycles. The minimum absolute atomic E-state index is 0.0207. The zero-order valence-corrected chi connectivity index (χ0v) is 16.3. The number of nitrogens with zero attached hydrogens (tertiary/aromatic N) is 5. The van der Waals surface area contributed by atoms with Gasteiger partial charge in [0, 0.05) is 12.3 Å². The minimum atomic E-state index is -0.0207. The molecule has 6 nitrogen and oxygen atoms in total. The van der Waals surface area contributed by atoms with Gasteiger partial charge in [-0.15, -0.1) is 10.2 Å². The summed E-state index contributed by atoms with van der Waals surface area (Å²) >= 11 is 1.57. The van der Waals surface area contributed by atoms with Crippen LogP contribution >= 0.6 is 11.8 Å². The Labute approximate surface area is 166 Å². The Bertz CT molecular complexity index is 1230. The van der Waals surface area contributed by atoms with Crippen LogP contribution in [0, 0.1) is 11.3 Å². The fourth-order valence-electron chi connectivity index (χ4n) is 3.17. The summed E-state index contributed by atoms with van der Waals surface area (Å²) in [5.41, 5.74) is 2.55. The summed E-state index contributed by atoms with van der Waals surface area (Å²) in [7, 11) is 0. The Kier molecular flexibility index (Phi) is 5.13. The van der Waals surface area contributed by atoms with Gasteiger partial charge in [-0.05, 0) is 36.2 Å². The van der Waals surface area contributed by atoms with Crippen molar-refractivity contribution in [2.75, 3.05) is 0 Å². The van der Waals surface area contributed by atoms with E-state index in [0.717, 1.165) is 29.1 Å². The highest BCUT2D eigenvalue weighted by Gasteiger charge is 2.16. The molecule has 4 aromatic rings. The van der Waals surface area contributed by atoms with Gasteiger partial charge in [-0.1, -0.05) is 49.4 Å². The number of aromatic nitrogens is 4. The number of nitriles is 1. The predicted molar refractivity (Wildman–Crippen MR) is 110 cm³/mol. The zero-order valence-electron chi connectivity index (χ0n) is 15.5. The number of para-hydroxylation sites is 1. The van der Waals surface area contributed by atoms with Crippen LogP contribution in [0.4, 0.5) is 0 Å². The lowest BCUT2D eigenvalue weighted by molar-refractivity contribution is 0.620. The summed E-state index contributed by atoms with van der Waals surface area (Å²) < 4.78 is 3.70. The Morgan fingerprint density at radius 1 is 1.11 bits per heavy atom. The van der Waals surface area contributed by atoms with E-state index in [2.05, 4.69) is 23.2 Å². The molecule has 0 amide bonds. The number of benzene rings is 2. The summed E-state index contributed by atoms with van der Waals surface area (Å²) in [5, 5.41) is 19.1. The van der Waals surface area contributed by atoms with Crippen molar-refractivity contribution in [2.45, 2.75) is 37.2 Å². The molecule has 0 saturated carbocycles. The number of thioether (sulfide) groups is 1. The number of hydrogen-bond donors (Lipinski definition) is 0. The van der Waals surface area contributed by atoms with E-state index in [-0.39, 0.29) is 5.56 Å². The Balaban J connectivity index is 1.78. The maximum atomic E-state index is 12.9. The van der Waals surface area contributed by atoms with Gasteiger partial charge >= 0.3 is 0 Å². The molecule has 2 aromatic heterocycles. The molecule has 2 heterocycles. The van der Waals surface area contributed by atoms with Crippen LogP contribution < -0.4 is 5.56 Å². The molecule has 140 valence electrons. The zero-order chi connectivity index (χ0) is 19.5. The van der Waals surface area contributed by atoms with E-state index in [1.807, 2.05) is 52.9 Å². The molecule has 7 heteroatoms. The number of fused-ring (bicyclic) bond motifs is 3. The lowest BCUT2D eigenvalue weighted by Gasteiger charge is -2.10. The molecule has 0 fully saturated rings. The summed E-state index contributed by atoms with van der Waals surface area (Å²) in [5.74, 6) is 1.29. The van der Waals surface area contributed by atoms with Crippen molar-refractivity contribution in [1.29, 1.82) is 5.26 Å². The molecule has 2 aromatic carbocycles. The van der Waals surface area contributed by atoms with Crippen molar-refractivity contribution < 1.29 is 0 Å². The van der Waals surface area contributed by atoms with Gasteiger partial charge in [0.05, 0.1) is 22.5 Å². The summed E-state index contributed by atoms with van der Waals surface area (Å²) in [6.45, 7) is 2.73. The Hall–Kier alpha value is -3.11. The van der Waals surface area contributed by atoms with Crippen LogP contribution in [0.25, 0.3) is 16.7 Å². The van der Waals surface area contributed by atoms with Crippen molar-refractivity contribution in [3.8, 4) is 6.07 Å². The number of hydrogen-bond acceptors (Lipinski definition) is 5. The third-order valence-corrected chi connectivity index (χ3v) is 5.66. The fourth-order valence-corrected chi connectivity index (χ4v) is 4.06. The van der Waals surface area contributed by atoms with Crippen molar-refractivity contribution in [2.24, 2.45) is 0 Å². The van der Waals surface area contributed by atoms with Crippen LogP contribution in [0.1, 0.15) is 30.9 Å². The highest BCUT2D eigenvalue weighted by molar-refractivity contribution is 7.98. The molecule has 28 heavy (non-hydrogen) atoms. The highest BCUT2D eigenvalue weighted by atomic mass is 32.2. The van der Waals surface area contributed by atoms with Gasteiger partial charge in [-0.25, -0.2) is 0 Å². The number of aryl methyl sites for hydroxylation is 1. The van der Waals surface area contributed by atoms with Gasteiger partial charge in [0.25, 0.3) is 5.56 Å². The van der Waals surface area contributed by atoms with Gasteiger partial charge in [0.2, 0.25) is 5.78 Å². The van der Waals surface area contributed by atoms with Gasteiger partial charge in [-0.2, -0.15) is 5.26 Å². The van der Waals surface area contributed by atoms with E-state index in [4.69, 9.17) is 5.26 Å². The van der Waals surface area contributed by atoms with Gasteiger partial charge in [0.15, 0.2) is 5.16 Å². The second-order valence-electron chi connectivity index (χ2n) is 6.54. The lowest BCUT2D eigenvalue weighted by atomic mass is 10.2. The van der Waals surface area contributed by atoms with E-state index < -0.39 is 0 Å². The van der Waals surface area contributed by atoms with E-state index in [0.29, 0.717) is 29.0 Å². The topological polar surface area (TPSA) is 76.0 Å². The fraction of sp³-hybridized carbons (Fsp3) is 0.238. The molecular weight excluding hydrogens is 370 g/mol. The van der Waals surface area contributed by atoms with E-state index in [9.17, 15) is 4.79 Å². The molecule has 0 unspecified atom stereocenters. The van der Waals surface area contributed by atoms with Gasteiger partial charge < -0.3 is 0 Å². The first-order chi connectivity index (χ1) is 13.7. The second kappa shape index (κ2) is 7.87. The molecule has 4 rings (SSSR count). The van der Waals surface area contributed by atoms with Crippen molar-refractivity contribution in [1.82, 2.24) is 19.2 Å². The van der Waals surface area contributed by atoms with Crippen LogP contribution in [-0.4, -0.2) is 19.2 Å².